The lowest BCUT2D eigenvalue weighted by Gasteiger charge is -2.21. The number of carbonyl (C=O) groups is 2. The van der Waals surface area contributed by atoms with Crippen molar-refractivity contribution in [2.75, 3.05) is 6.54 Å². The lowest BCUT2D eigenvalue weighted by molar-refractivity contribution is -0.137. The minimum absolute atomic E-state index is 0.0509. The van der Waals surface area contributed by atoms with Crippen LogP contribution in [0.2, 0.25) is 0 Å². The number of pyridine rings is 1. The Morgan fingerprint density at radius 1 is 1.27 bits per heavy atom. The number of hydrogen-bond acceptors (Lipinski definition) is 4. The van der Waals surface area contributed by atoms with Crippen LogP contribution in [0.1, 0.15) is 36.2 Å². The van der Waals surface area contributed by atoms with Gasteiger partial charge in [0.15, 0.2) is 0 Å². The van der Waals surface area contributed by atoms with Crippen LogP contribution in [0.15, 0.2) is 42.6 Å². The molecule has 2 rings (SSSR count). The van der Waals surface area contributed by atoms with E-state index in [4.69, 9.17) is 9.84 Å². The van der Waals surface area contributed by atoms with Gasteiger partial charge >= 0.3 is 5.97 Å². The number of amides is 1. The molecule has 0 saturated carbocycles. The first-order chi connectivity index (χ1) is 12.4. The third kappa shape index (κ3) is 5.54. The van der Waals surface area contributed by atoms with Gasteiger partial charge in [-0.25, -0.2) is 9.37 Å². The zero-order chi connectivity index (χ0) is 19.1. The Balaban J connectivity index is 2.21. The van der Waals surface area contributed by atoms with E-state index in [9.17, 15) is 14.0 Å². The van der Waals surface area contributed by atoms with Crippen molar-refractivity contribution in [2.45, 2.75) is 32.9 Å². The first-order valence-electron chi connectivity index (χ1n) is 8.27. The van der Waals surface area contributed by atoms with Crippen molar-refractivity contribution >= 4 is 11.9 Å². The third-order valence-electron chi connectivity index (χ3n) is 3.78. The minimum atomic E-state index is -1.13. The van der Waals surface area contributed by atoms with Crippen molar-refractivity contribution in [2.24, 2.45) is 0 Å². The van der Waals surface area contributed by atoms with Crippen molar-refractivity contribution < 1.29 is 23.8 Å². The molecule has 0 fully saturated rings. The van der Waals surface area contributed by atoms with E-state index in [-0.39, 0.29) is 18.2 Å². The number of carbonyl (C=O) groups excluding carboxylic acids is 1. The fraction of sp³-hybridized carbons (Fsp3) is 0.316. The van der Waals surface area contributed by atoms with Crippen LogP contribution in [0.4, 0.5) is 4.39 Å². The number of halogens is 1. The van der Waals surface area contributed by atoms with Crippen molar-refractivity contribution in [1.82, 2.24) is 9.88 Å². The van der Waals surface area contributed by atoms with Crippen molar-refractivity contribution in [3.05, 3.63) is 59.5 Å². The van der Waals surface area contributed by atoms with E-state index in [1.165, 1.54) is 47.5 Å². The highest BCUT2D eigenvalue weighted by atomic mass is 19.1. The van der Waals surface area contributed by atoms with E-state index in [0.29, 0.717) is 11.4 Å². The van der Waals surface area contributed by atoms with Gasteiger partial charge < -0.3 is 14.7 Å². The second-order valence-electron chi connectivity index (χ2n) is 5.90. The van der Waals surface area contributed by atoms with Gasteiger partial charge in [0.05, 0.1) is 6.10 Å². The van der Waals surface area contributed by atoms with Gasteiger partial charge in [0.25, 0.3) is 5.91 Å². The van der Waals surface area contributed by atoms with E-state index in [2.05, 4.69) is 4.98 Å². The fourth-order valence-corrected chi connectivity index (χ4v) is 2.25. The van der Waals surface area contributed by atoms with Crippen LogP contribution in [0, 0.1) is 5.82 Å². The Hall–Kier alpha value is -2.96. The minimum Gasteiger partial charge on any atom is -0.480 e. The van der Waals surface area contributed by atoms with Gasteiger partial charge in [0, 0.05) is 24.4 Å². The standard InChI is InChI=1S/C19H21FN2O4/c1-3-13(2)26-17-10-15(8-9-21-17)19(25)22(12-18(23)24)11-14-4-6-16(20)7-5-14/h4-10,13H,3,11-12H2,1-2H3,(H,23,24). The SMILES string of the molecule is CCC(C)Oc1cc(C(=O)N(CC(=O)O)Cc2ccc(F)cc2)ccn1. The molecule has 0 saturated heterocycles. The third-order valence-corrected chi connectivity index (χ3v) is 3.78. The van der Waals surface area contributed by atoms with Gasteiger partial charge in [-0.3, -0.25) is 9.59 Å². The predicted molar refractivity (Wildman–Crippen MR) is 93.4 cm³/mol. The van der Waals surface area contributed by atoms with Crippen LogP contribution in [0.5, 0.6) is 5.88 Å². The molecule has 26 heavy (non-hydrogen) atoms. The van der Waals surface area contributed by atoms with Crippen LogP contribution in [-0.4, -0.2) is 39.5 Å². The number of carboxylic acids is 1. The maximum atomic E-state index is 13.0. The Labute approximate surface area is 151 Å². The molecule has 1 unspecified atom stereocenters. The van der Waals surface area contributed by atoms with Gasteiger partial charge in [-0.05, 0) is 37.1 Å². The Morgan fingerprint density at radius 3 is 2.58 bits per heavy atom. The van der Waals surface area contributed by atoms with Crippen LogP contribution < -0.4 is 4.74 Å². The topological polar surface area (TPSA) is 79.7 Å². The van der Waals surface area contributed by atoms with E-state index in [1.807, 2.05) is 13.8 Å². The first-order valence-corrected chi connectivity index (χ1v) is 8.27. The number of nitrogens with zero attached hydrogens (tertiary/aromatic N) is 2. The molecule has 0 aliphatic heterocycles. The summed E-state index contributed by atoms with van der Waals surface area (Å²) in [4.78, 5) is 29.2. The highest BCUT2D eigenvalue weighted by Crippen LogP contribution is 2.16. The largest absolute Gasteiger partial charge is 0.480 e. The number of rotatable bonds is 8. The highest BCUT2D eigenvalue weighted by molar-refractivity contribution is 5.96. The summed E-state index contributed by atoms with van der Waals surface area (Å²) in [6.07, 6.45) is 2.18. The summed E-state index contributed by atoms with van der Waals surface area (Å²) in [6.45, 7) is 3.44. The van der Waals surface area contributed by atoms with Gasteiger partial charge in [-0.2, -0.15) is 0 Å². The van der Waals surface area contributed by atoms with Crippen LogP contribution in [0.25, 0.3) is 0 Å². The number of ether oxygens (including phenoxy) is 1. The maximum absolute atomic E-state index is 13.0. The van der Waals surface area contributed by atoms with Crippen LogP contribution in [0.3, 0.4) is 0 Å². The zero-order valence-corrected chi connectivity index (χ0v) is 14.7. The average Bonchev–Trinajstić information content (AvgIpc) is 2.62. The second kappa shape index (κ2) is 8.94. The van der Waals surface area contributed by atoms with E-state index in [1.54, 1.807) is 0 Å². The lowest BCUT2D eigenvalue weighted by Crippen LogP contribution is -2.35. The molecule has 0 aliphatic rings. The van der Waals surface area contributed by atoms with Crippen molar-refractivity contribution in [1.29, 1.82) is 0 Å². The Kier molecular flexibility index (Phi) is 6.66. The number of aliphatic carboxylic acids is 1. The Morgan fingerprint density at radius 2 is 1.96 bits per heavy atom. The average molecular weight is 360 g/mol. The van der Waals surface area contributed by atoms with Crippen LogP contribution in [-0.2, 0) is 11.3 Å². The van der Waals surface area contributed by atoms with E-state index in [0.717, 1.165) is 6.42 Å². The normalized spacial score (nSPS) is 11.7. The summed E-state index contributed by atoms with van der Waals surface area (Å²) in [6, 6.07) is 8.56. The molecule has 1 atom stereocenters. The molecule has 2 aromatic rings. The van der Waals surface area contributed by atoms with Gasteiger partial charge in [-0.1, -0.05) is 19.1 Å². The van der Waals surface area contributed by atoms with Gasteiger partial charge in [-0.15, -0.1) is 0 Å². The molecule has 1 aromatic carbocycles. The highest BCUT2D eigenvalue weighted by Gasteiger charge is 2.20. The molecular weight excluding hydrogens is 339 g/mol. The molecule has 0 spiro atoms. The molecule has 0 bridgehead atoms. The molecule has 1 heterocycles. The number of aromatic nitrogens is 1. The van der Waals surface area contributed by atoms with Crippen LogP contribution >= 0.6 is 0 Å². The summed E-state index contributed by atoms with van der Waals surface area (Å²) in [5, 5.41) is 9.12. The van der Waals surface area contributed by atoms with Crippen molar-refractivity contribution in [3.63, 3.8) is 0 Å². The van der Waals surface area contributed by atoms with Crippen molar-refractivity contribution in [3.8, 4) is 5.88 Å². The second-order valence-corrected chi connectivity index (χ2v) is 5.90. The van der Waals surface area contributed by atoms with E-state index < -0.39 is 24.2 Å². The number of benzene rings is 1. The molecule has 138 valence electrons. The Bertz CT molecular complexity index is 764. The molecule has 7 heteroatoms. The number of hydrogen-bond donors (Lipinski definition) is 1. The molecular formula is C19H21FN2O4. The summed E-state index contributed by atoms with van der Waals surface area (Å²) in [5.74, 6) is -1.69. The van der Waals surface area contributed by atoms with Gasteiger partial charge in [0.2, 0.25) is 5.88 Å². The summed E-state index contributed by atoms with van der Waals surface area (Å²) < 4.78 is 18.6. The smallest absolute Gasteiger partial charge is 0.323 e. The summed E-state index contributed by atoms with van der Waals surface area (Å²) in [7, 11) is 0. The maximum Gasteiger partial charge on any atom is 0.323 e. The quantitative estimate of drug-likeness (QED) is 0.782. The molecule has 0 radical (unpaired) electrons. The fourth-order valence-electron chi connectivity index (χ4n) is 2.25. The summed E-state index contributed by atoms with van der Waals surface area (Å²) in [5.41, 5.74) is 0.910. The summed E-state index contributed by atoms with van der Waals surface area (Å²) >= 11 is 0. The predicted octanol–water partition coefficient (Wildman–Crippen LogP) is 3.13. The molecule has 1 N–H and O–H groups in total. The molecule has 1 amide bonds. The number of carboxylic acid groups (broad SMARTS) is 1. The molecule has 1 aromatic heterocycles. The monoisotopic (exact) mass is 360 g/mol. The molecule has 6 nitrogen and oxygen atoms in total. The first kappa shape index (κ1) is 19.4. The van der Waals surface area contributed by atoms with Gasteiger partial charge in [0.1, 0.15) is 12.4 Å². The zero-order valence-electron chi connectivity index (χ0n) is 14.7. The molecule has 0 aliphatic carbocycles. The van der Waals surface area contributed by atoms with E-state index >= 15 is 0 Å². The lowest BCUT2D eigenvalue weighted by atomic mass is 10.1.